The molecule has 1 saturated heterocycles. The van der Waals surface area contributed by atoms with Crippen LogP contribution in [0.2, 0.25) is 0 Å². The standard InChI is InChI=1S/C11H10F3N3O2S/c12-11(13,14)7-3-4-15-10(16-7)20-6-5-17-8(18)1-2-9(17)19/h3-4H,1-2,5-6H2. The van der Waals surface area contributed by atoms with Crippen molar-refractivity contribution in [1.29, 1.82) is 0 Å². The molecule has 0 aliphatic carbocycles. The van der Waals surface area contributed by atoms with Crippen LogP contribution in [0.3, 0.4) is 0 Å². The van der Waals surface area contributed by atoms with Gasteiger partial charge in [0, 0.05) is 31.3 Å². The van der Waals surface area contributed by atoms with Crippen molar-refractivity contribution < 1.29 is 22.8 Å². The molecule has 5 nitrogen and oxygen atoms in total. The molecular formula is C11H10F3N3O2S. The highest BCUT2D eigenvalue weighted by atomic mass is 32.2. The van der Waals surface area contributed by atoms with Crippen LogP contribution < -0.4 is 0 Å². The fourth-order valence-corrected chi connectivity index (χ4v) is 2.42. The Kier molecular flexibility index (Phi) is 4.26. The van der Waals surface area contributed by atoms with E-state index in [1.54, 1.807) is 0 Å². The van der Waals surface area contributed by atoms with Crippen LogP contribution in [-0.2, 0) is 15.8 Å². The number of carbonyl (C=O) groups excluding carboxylic acids is 2. The minimum absolute atomic E-state index is 0.0288. The number of hydrogen-bond acceptors (Lipinski definition) is 5. The van der Waals surface area contributed by atoms with E-state index >= 15 is 0 Å². The lowest BCUT2D eigenvalue weighted by Crippen LogP contribution is -2.31. The van der Waals surface area contributed by atoms with Gasteiger partial charge >= 0.3 is 6.18 Å². The van der Waals surface area contributed by atoms with E-state index in [4.69, 9.17) is 0 Å². The zero-order valence-electron chi connectivity index (χ0n) is 10.2. The molecule has 2 rings (SSSR count). The summed E-state index contributed by atoms with van der Waals surface area (Å²) in [5.41, 5.74) is -1.01. The molecule has 1 fully saturated rings. The maximum absolute atomic E-state index is 12.4. The number of rotatable bonds is 4. The summed E-state index contributed by atoms with van der Waals surface area (Å²) in [5.74, 6) is -0.236. The molecule has 0 N–H and O–H groups in total. The van der Waals surface area contributed by atoms with E-state index in [2.05, 4.69) is 9.97 Å². The van der Waals surface area contributed by atoms with E-state index < -0.39 is 11.9 Å². The lowest BCUT2D eigenvalue weighted by atomic mass is 10.4. The molecule has 1 aromatic rings. The third-order valence-electron chi connectivity index (χ3n) is 2.62. The monoisotopic (exact) mass is 305 g/mol. The van der Waals surface area contributed by atoms with Gasteiger partial charge in [0.15, 0.2) is 5.16 Å². The number of alkyl halides is 3. The van der Waals surface area contributed by atoms with Gasteiger partial charge in [-0.3, -0.25) is 14.5 Å². The lowest BCUT2D eigenvalue weighted by molar-refractivity contribution is -0.141. The Bertz CT molecular complexity index is 520. The topological polar surface area (TPSA) is 63.2 Å². The Hall–Kier alpha value is -1.64. The molecule has 1 aliphatic heterocycles. The van der Waals surface area contributed by atoms with Gasteiger partial charge in [0.05, 0.1) is 0 Å². The maximum atomic E-state index is 12.4. The zero-order valence-corrected chi connectivity index (χ0v) is 11.0. The number of aromatic nitrogens is 2. The second kappa shape index (κ2) is 5.78. The second-order valence-electron chi connectivity index (χ2n) is 4.01. The summed E-state index contributed by atoms with van der Waals surface area (Å²) in [6.45, 7) is 0.155. The molecule has 2 heterocycles. The summed E-state index contributed by atoms with van der Waals surface area (Å²) < 4.78 is 37.3. The predicted octanol–water partition coefficient (Wildman–Crippen LogP) is 1.74. The molecule has 0 aromatic carbocycles. The Morgan fingerprint density at radius 2 is 1.90 bits per heavy atom. The molecule has 108 valence electrons. The molecule has 0 unspecified atom stereocenters. The number of amides is 2. The molecule has 0 radical (unpaired) electrons. The molecule has 0 spiro atoms. The van der Waals surface area contributed by atoms with Gasteiger partial charge in [-0.15, -0.1) is 0 Å². The number of thioether (sulfide) groups is 1. The first-order valence-electron chi connectivity index (χ1n) is 5.74. The van der Waals surface area contributed by atoms with Crippen LogP contribution in [0.15, 0.2) is 17.4 Å². The minimum atomic E-state index is -4.51. The van der Waals surface area contributed by atoms with E-state index in [0.29, 0.717) is 0 Å². The third-order valence-corrected chi connectivity index (χ3v) is 3.47. The van der Waals surface area contributed by atoms with Gasteiger partial charge in [-0.1, -0.05) is 11.8 Å². The number of nitrogens with zero attached hydrogens (tertiary/aromatic N) is 3. The highest BCUT2D eigenvalue weighted by molar-refractivity contribution is 7.99. The van der Waals surface area contributed by atoms with Gasteiger partial charge in [-0.2, -0.15) is 13.2 Å². The van der Waals surface area contributed by atoms with Crippen LogP contribution in [0.1, 0.15) is 18.5 Å². The number of halogens is 3. The first-order valence-corrected chi connectivity index (χ1v) is 6.73. The largest absolute Gasteiger partial charge is 0.433 e. The first kappa shape index (κ1) is 14.8. The van der Waals surface area contributed by atoms with Crippen molar-refractivity contribution in [2.75, 3.05) is 12.3 Å². The van der Waals surface area contributed by atoms with Crippen molar-refractivity contribution in [2.45, 2.75) is 24.2 Å². The first-order chi connectivity index (χ1) is 9.38. The normalized spacial score (nSPS) is 16.1. The molecule has 1 aromatic heterocycles. The summed E-state index contributed by atoms with van der Waals surface area (Å²) in [4.78, 5) is 30.9. The van der Waals surface area contributed by atoms with Crippen LogP contribution in [0.5, 0.6) is 0 Å². The quantitative estimate of drug-likeness (QED) is 0.482. The Balaban J connectivity index is 1.91. The van der Waals surface area contributed by atoms with Gasteiger partial charge in [0.2, 0.25) is 11.8 Å². The van der Waals surface area contributed by atoms with E-state index in [1.807, 2.05) is 0 Å². The molecule has 20 heavy (non-hydrogen) atoms. The number of imide groups is 1. The fourth-order valence-electron chi connectivity index (χ4n) is 1.67. The van der Waals surface area contributed by atoms with Crippen LogP contribution in [-0.4, -0.2) is 39.0 Å². The predicted molar refractivity (Wildman–Crippen MR) is 63.7 cm³/mol. The smallest absolute Gasteiger partial charge is 0.282 e. The van der Waals surface area contributed by atoms with E-state index in [1.165, 1.54) is 0 Å². The number of hydrogen-bond donors (Lipinski definition) is 0. The SMILES string of the molecule is O=C1CCC(=O)N1CCSc1nccc(C(F)(F)F)n1. The molecule has 2 amide bonds. The van der Waals surface area contributed by atoms with E-state index in [9.17, 15) is 22.8 Å². The van der Waals surface area contributed by atoms with E-state index in [0.717, 1.165) is 28.9 Å². The van der Waals surface area contributed by atoms with Gasteiger partial charge in [-0.05, 0) is 6.07 Å². The fraction of sp³-hybridized carbons (Fsp3) is 0.455. The molecule has 0 bridgehead atoms. The van der Waals surface area contributed by atoms with Crippen molar-refractivity contribution in [3.63, 3.8) is 0 Å². The van der Waals surface area contributed by atoms with Crippen molar-refractivity contribution in [2.24, 2.45) is 0 Å². The summed E-state index contributed by atoms with van der Waals surface area (Å²) in [6.07, 6.45) is -3.09. The van der Waals surface area contributed by atoms with Crippen molar-refractivity contribution in [1.82, 2.24) is 14.9 Å². The van der Waals surface area contributed by atoms with Crippen molar-refractivity contribution >= 4 is 23.6 Å². The van der Waals surface area contributed by atoms with Crippen LogP contribution in [0, 0.1) is 0 Å². The Morgan fingerprint density at radius 3 is 2.50 bits per heavy atom. The van der Waals surface area contributed by atoms with Gasteiger partial charge < -0.3 is 0 Å². The summed E-state index contributed by atoms with van der Waals surface area (Å²) >= 11 is 0.973. The highest BCUT2D eigenvalue weighted by Gasteiger charge is 2.33. The second-order valence-corrected chi connectivity index (χ2v) is 5.07. The van der Waals surface area contributed by atoms with E-state index in [-0.39, 0.29) is 42.1 Å². The van der Waals surface area contributed by atoms with Crippen LogP contribution in [0.25, 0.3) is 0 Å². The average molecular weight is 305 g/mol. The molecule has 9 heteroatoms. The summed E-state index contributed by atoms with van der Waals surface area (Å²) in [7, 11) is 0. The molecule has 1 aliphatic rings. The highest BCUT2D eigenvalue weighted by Crippen LogP contribution is 2.28. The lowest BCUT2D eigenvalue weighted by Gasteiger charge is -2.12. The van der Waals surface area contributed by atoms with Gasteiger partial charge in [0.1, 0.15) is 5.69 Å². The number of likely N-dealkylation sites (tertiary alicyclic amines) is 1. The maximum Gasteiger partial charge on any atom is 0.433 e. The molecule has 0 atom stereocenters. The summed E-state index contributed by atoms with van der Waals surface area (Å²) in [6, 6.07) is 0.789. The van der Waals surface area contributed by atoms with Crippen LogP contribution >= 0.6 is 11.8 Å². The average Bonchev–Trinajstić information content (AvgIpc) is 2.70. The van der Waals surface area contributed by atoms with Gasteiger partial charge in [0.25, 0.3) is 0 Å². The molecular weight excluding hydrogens is 295 g/mol. The number of carbonyl (C=O) groups is 2. The van der Waals surface area contributed by atoms with Gasteiger partial charge in [-0.25, -0.2) is 9.97 Å². The van der Waals surface area contributed by atoms with Crippen LogP contribution in [0.4, 0.5) is 13.2 Å². The van der Waals surface area contributed by atoms with Crippen molar-refractivity contribution in [3.05, 3.63) is 18.0 Å². The minimum Gasteiger partial charge on any atom is -0.282 e. The molecule has 0 saturated carbocycles. The third kappa shape index (κ3) is 3.47. The Morgan fingerprint density at radius 1 is 1.25 bits per heavy atom. The summed E-state index contributed by atoms with van der Waals surface area (Å²) in [5, 5.41) is -0.0288. The Labute approximate surface area is 116 Å². The zero-order chi connectivity index (χ0) is 14.8. The van der Waals surface area contributed by atoms with Crippen molar-refractivity contribution in [3.8, 4) is 0 Å².